The minimum Gasteiger partial charge on any atom is -0.329 e. The second-order valence-corrected chi connectivity index (χ2v) is 5.30. The lowest BCUT2D eigenvalue weighted by Crippen LogP contribution is -2.45. The first-order valence-electron chi connectivity index (χ1n) is 6.59. The third-order valence-corrected chi connectivity index (χ3v) is 4.03. The van der Waals surface area contributed by atoms with Crippen LogP contribution in [0.25, 0.3) is 0 Å². The van der Waals surface area contributed by atoms with Crippen molar-refractivity contribution in [2.24, 2.45) is 5.73 Å². The molecule has 2 nitrogen and oxygen atoms in total. The summed E-state index contributed by atoms with van der Waals surface area (Å²) in [6.45, 7) is 2.67. The Hall–Kier alpha value is -0.640. The molecule has 0 saturated carbocycles. The summed E-state index contributed by atoms with van der Waals surface area (Å²) in [5.41, 5.74) is 6.44. The van der Waals surface area contributed by atoms with Crippen LogP contribution < -0.4 is 5.73 Å². The van der Waals surface area contributed by atoms with Crippen LogP contribution in [0.4, 0.5) is 4.39 Å². The van der Waals surface area contributed by atoms with Gasteiger partial charge in [0.2, 0.25) is 0 Å². The van der Waals surface area contributed by atoms with Gasteiger partial charge >= 0.3 is 0 Å². The number of halogens is 2. The van der Waals surface area contributed by atoms with Gasteiger partial charge in [-0.3, -0.25) is 4.90 Å². The van der Waals surface area contributed by atoms with E-state index in [1.807, 2.05) is 0 Å². The summed E-state index contributed by atoms with van der Waals surface area (Å²) in [5.74, 6) is -0.224. The highest BCUT2D eigenvalue weighted by atomic mass is 35.5. The molecule has 1 aliphatic rings. The van der Waals surface area contributed by atoms with E-state index in [1.165, 1.54) is 25.3 Å². The van der Waals surface area contributed by atoms with Gasteiger partial charge in [0.15, 0.2) is 0 Å². The molecule has 0 bridgehead atoms. The van der Waals surface area contributed by atoms with E-state index in [2.05, 4.69) is 4.90 Å². The standard InChI is InChI=1S/C14H20ClFN2/c15-13-5-4-6-14(16)12(13)9-11(10-17)18-7-2-1-3-8-18/h4-6,11H,1-3,7-10,17H2. The number of benzene rings is 1. The summed E-state index contributed by atoms with van der Waals surface area (Å²) in [6.07, 6.45) is 4.30. The first kappa shape index (κ1) is 13.8. The van der Waals surface area contributed by atoms with Crippen molar-refractivity contribution in [2.45, 2.75) is 31.7 Å². The van der Waals surface area contributed by atoms with Crippen molar-refractivity contribution in [2.75, 3.05) is 19.6 Å². The summed E-state index contributed by atoms with van der Waals surface area (Å²) in [5, 5.41) is 0.505. The van der Waals surface area contributed by atoms with Crippen LogP contribution >= 0.6 is 11.6 Å². The SMILES string of the molecule is NCC(Cc1c(F)cccc1Cl)N1CCCCC1. The molecule has 1 aromatic carbocycles. The quantitative estimate of drug-likeness (QED) is 0.912. The number of hydrogen-bond donors (Lipinski definition) is 1. The van der Waals surface area contributed by atoms with E-state index in [1.54, 1.807) is 12.1 Å². The monoisotopic (exact) mass is 270 g/mol. The zero-order chi connectivity index (χ0) is 13.0. The zero-order valence-corrected chi connectivity index (χ0v) is 11.3. The van der Waals surface area contributed by atoms with Gasteiger partial charge in [-0.2, -0.15) is 0 Å². The molecular formula is C14H20ClFN2. The van der Waals surface area contributed by atoms with Crippen molar-refractivity contribution >= 4 is 11.6 Å². The Labute approximate surface area is 113 Å². The molecule has 0 spiro atoms. The fourth-order valence-corrected chi connectivity index (χ4v) is 2.85. The van der Waals surface area contributed by atoms with Gasteiger partial charge in [0, 0.05) is 23.2 Å². The fraction of sp³-hybridized carbons (Fsp3) is 0.571. The number of rotatable bonds is 4. The maximum Gasteiger partial charge on any atom is 0.127 e. The van der Waals surface area contributed by atoms with Crippen molar-refractivity contribution in [3.05, 3.63) is 34.6 Å². The third-order valence-electron chi connectivity index (χ3n) is 3.68. The van der Waals surface area contributed by atoms with Gasteiger partial charge < -0.3 is 5.73 Å². The molecule has 1 aliphatic heterocycles. The molecule has 1 atom stereocenters. The van der Waals surface area contributed by atoms with Crippen LogP contribution in [0.5, 0.6) is 0 Å². The highest BCUT2D eigenvalue weighted by molar-refractivity contribution is 6.31. The van der Waals surface area contributed by atoms with Crippen LogP contribution in [0.1, 0.15) is 24.8 Å². The molecule has 0 aliphatic carbocycles. The van der Waals surface area contributed by atoms with E-state index in [9.17, 15) is 4.39 Å². The van der Waals surface area contributed by atoms with Crippen molar-refractivity contribution in [3.8, 4) is 0 Å². The van der Waals surface area contributed by atoms with E-state index in [-0.39, 0.29) is 11.9 Å². The van der Waals surface area contributed by atoms with Crippen molar-refractivity contribution < 1.29 is 4.39 Å². The van der Waals surface area contributed by atoms with E-state index in [0.29, 0.717) is 23.6 Å². The van der Waals surface area contributed by atoms with E-state index >= 15 is 0 Å². The average molecular weight is 271 g/mol. The summed E-state index contributed by atoms with van der Waals surface area (Å²) in [4.78, 5) is 2.37. The molecule has 2 rings (SSSR count). The van der Waals surface area contributed by atoms with Gasteiger partial charge in [-0.25, -0.2) is 4.39 Å². The smallest absolute Gasteiger partial charge is 0.127 e. The van der Waals surface area contributed by atoms with Crippen LogP contribution in [0.3, 0.4) is 0 Å². The number of nitrogens with two attached hydrogens (primary N) is 1. The number of nitrogens with zero attached hydrogens (tertiary/aromatic N) is 1. The summed E-state index contributed by atoms with van der Waals surface area (Å²) in [6, 6.07) is 5.04. The second-order valence-electron chi connectivity index (χ2n) is 4.89. The second kappa shape index (κ2) is 6.50. The van der Waals surface area contributed by atoms with Crippen LogP contribution in [0.15, 0.2) is 18.2 Å². The van der Waals surface area contributed by atoms with E-state index in [4.69, 9.17) is 17.3 Å². The van der Waals surface area contributed by atoms with Gasteiger partial charge in [-0.15, -0.1) is 0 Å². The van der Waals surface area contributed by atoms with Crippen LogP contribution in [-0.4, -0.2) is 30.6 Å². The highest BCUT2D eigenvalue weighted by Crippen LogP contribution is 2.23. The van der Waals surface area contributed by atoms with Crippen LogP contribution in [0, 0.1) is 5.82 Å². The Bertz CT molecular complexity index is 371. The third kappa shape index (κ3) is 3.22. The van der Waals surface area contributed by atoms with E-state index < -0.39 is 0 Å². The lowest BCUT2D eigenvalue weighted by atomic mass is 10.0. The summed E-state index contributed by atoms with van der Waals surface area (Å²) >= 11 is 6.07. The van der Waals surface area contributed by atoms with E-state index in [0.717, 1.165) is 13.1 Å². The van der Waals surface area contributed by atoms with Gasteiger partial charge in [-0.05, 0) is 44.5 Å². The minimum absolute atomic E-state index is 0.194. The summed E-state index contributed by atoms with van der Waals surface area (Å²) in [7, 11) is 0. The molecule has 0 amide bonds. The molecule has 2 N–H and O–H groups in total. The number of hydrogen-bond acceptors (Lipinski definition) is 2. The molecule has 0 radical (unpaired) electrons. The predicted molar refractivity (Wildman–Crippen MR) is 73.4 cm³/mol. The molecular weight excluding hydrogens is 251 g/mol. The maximum absolute atomic E-state index is 13.8. The topological polar surface area (TPSA) is 29.3 Å². The normalized spacial score (nSPS) is 18.8. The van der Waals surface area contributed by atoms with Gasteiger partial charge in [0.25, 0.3) is 0 Å². The molecule has 18 heavy (non-hydrogen) atoms. The molecule has 1 unspecified atom stereocenters. The van der Waals surface area contributed by atoms with Gasteiger partial charge in [0.1, 0.15) is 5.82 Å². The van der Waals surface area contributed by atoms with Crippen molar-refractivity contribution in [3.63, 3.8) is 0 Å². The highest BCUT2D eigenvalue weighted by Gasteiger charge is 2.21. The lowest BCUT2D eigenvalue weighted by molar-refractivity contribution is 0.165. The fourth-order valence-electron chi connectivity index (χ4n) is 2.61. The summed E-state index contributed by atoms with van der Waals surface area (Å²) < 4.78 is 13.8. The molecule has 100 valence electrons. The molecule has 1 aromatic rings. The first-order valence-corrected chi connectivity index (χ1v) is 6.97. The Balaban J connectivity index is 2.09. The number of likely N-dealkylation sites (tertiary alicyclic amines) is 1. The maximum atomic E-state index is 13.8. The Morgan fingerprint density at radius 3 is 2.61 bits per heavy atom. The van der Waals surface area contributed by atoms with Crippen molar-refractivity contribution in [1.29, 1.82) is 0 Å². The van der Waals surface area contributed by atoms with Gasteiger partial charge in [-0.1, -0.05) is 24.1 Å². The molecule has 1 saturated heterocycles. The van der Waals surface area contributed by atoms with Gasteiger partial charge in [0.05, 0.1) is 0 Å². The number of piperidine rings is 1. The predicted octanol–water partition coefficient (Wildman–Crippen LogP) is 2.83. The molecule has 1 fully saturated rings. The van der Waals surface area contributed by atoms with Crippen molar-refractivity contribution in [1.82, 2.24) is 4.90 Å². The van der Waals surface area contributed by atoms with Crippen LogP contribution in [-0.2, 0) is 6.42 Å². The average Bonchev–Trinajstić information content (AvgIpc) is 2.40. The largest absolute Gasteiger partial charge is 0.329 e. The zero-order valence-electron chi connectivity index (χ0n) is 10.5. The molecule has 1 heterocycles. The Morgan fingerprint density at radius 2 is 2.00 bits per heavy atom. The minimum atomic E-state index is -0.224. The first-order chi connectivity index (χ1) is 8.72. The Kier molecular flexibility index (Phi) is 4.98. The molecule has 0 aromatic heterocycles. The van der Waals surface area contributed by atoms with Crippen LogP contribution in [0.2, 0.25) is 5.02 Å². The lowest BCUT2D eigenvalue weighted by Gasteiger charge is -2.34. The Morgan fingerprint density at radius 1 is 1.28 bits per heavy atom. The molecule has 4 heteroatoms.